The third-order valence-corrected chi connectivity index (χ3v) is 4.85. The van der Waals surface area contributed by atoms with Gasteiger partial charge in [0.15, 0.2) is 0 Å². The summed E-state index contributed by atoms with van der Waals surface area (Å²) in [4.78, 5) is 1.91. The molecule has 0 aromatic heterocycles. The summed E-state index contributed by atoms with van der Waals surface area (Å²) in [5.41, 5.74) is 2.45. The highest BCUT2D eigenvalue weighted by molar-refractivity contribution is 5.20. The molecule has 0 fully saturated rings. The number of hydrogen-bond donors (Lipinski definition) is 3. The van der Waals surface area contributed by atoms with Gasteiger partial charge in [0.2, 0.25) is 0 Å². The summed E-state index contributed by atoms with van der Waals surface area (Å²) in [6, 6.07) is 28.3. The minimum absolute atomic E-state index is 0.317. The highest BCUT2D eigenvalue weighted by Crippen LogP contribution is 2.21. The van der Waals surface area contributed by atoms with Crippen molar-refractivity contribution in [1.82, 2.24) is 4.90 Å². The fraction of sp³-hybridized carbons (Fsp3) is 0.250. The number of aliphatic hydroxyl groups excluding tert-OH is 3. The van der Waals surface area contributed by atoms with E-state index in [-0.39, 0.29) is 0 Å². The molecule has 3 unspecified atom stereocenters. The zero-order valence-corrected chi connectivity index (χ0v) is 15.8. The zero-order chi connectivity index (χ0) is 19.8. The largest absolute Gasteiger partial charge is 0.387 e. The fourth-order valence-electron chi connectivity index (χ4n) is 3.30. The molecule has 146 valence electrons. The third-order valence-electron chi connectivity index (χ3n) is 4.85. The second-order valence-corrected chi connectivity index (χ2v) is 7.00. The van der Waals surface area contributed by atoms with E-state index in [2.05, 4.69) is 0 Å². The van der Waals surface area contributed by atoms with Crippen molar-refractivity contribution in [3.63, 3.8) is 0 Å². The van der Waals surface area contributed by atoms with Crippen molar-refractivity contribution < 1.29 is 15.3 Å². The molecule has 3 aromatic rings. The normalized spacial score (nSPS) is 14.6. The quantitative estimate of drug-likeness (QED) is 0.534. The predicted molar refractivity (Wildman–Crippen MR) is 111 cm³/mol. The first-order valence-electron chi connectivity index (χ1n) is 9.55. The highest BCUT2D eigenvalue weighted by Gasteiger charge is 2.21. The van der Waals surface area contributed by atoms with Crippen LogP contribution in [0.1, 0.15) is 35.0 Å². The summed E-state index contributed by atoms with van der Waals surface area (Å²) in [5, 5.41) is 32.0. The molecule has 28 heavy (non-hydrogen) atoms. The lowest BCUT2D eigenvalue weighted by atomic mass is 10.1. The van der Waals surface area contributed by atoms with E-state index in [4.69, 9.17) is 0 Å². The summed E-state index contributed by atoms with van der Waals surface area (Å²) >= 11 is 0. The molecule has 3 atom stereocenters. The number of benzene rings is 3. The first-order valence-corrected chi connectivity index (χ1v) is 9.55. The van der Waals surface area contributed by atoms with Gasteiger partial charge in [-0.1, -0.05) is 91.0 Å². The summed E-state index contributed by atoms with van der Waals surface area (Å²) in [6.45, 7) is 0.952. The van der Waals surface area contributed by atoms with Crippen LogP contribution in [0.25, 0.3) is 0 Å². The standard InChI is InChI=1S/C24H27NO3/c26-22(19-10-4-1-5-11-19)16-25(17-23(27)20-12-6-2-7-13-20)18-24(28)21-14-8-3-9-15-21/h1-15,22-24,26-28H,16-18H2. The van der Waals surface area contributed by atoms with Crippen LogP contribution in [0.4, 0.5) is 0 Å². The van der Waals surface area contributed by atoms with E-state index in [1.54, 1.807) is 0 Å². The van der Waals surface area contributed by atoms with Crippen molar-refractivity contribution in [2.45, 2.75) is 18.3 Å². The van der Waals surface area contributed by atoms with Crippen molar-refractivity contribution >= 4 is 0 Å². The topological polar surface area (TPSA) is 63.9 Å². The van der Waals surface area contributed by atoms with Gasteiger partial charge in [0.05, 0.1) is 18.3 Å². The molecule has 4 nitrogen and oxygen atoms in total. The Bertz CT molecular complexity index is 698. The molecule has 0 amide bonds. The van der Waals surface area contributed by atoms with Crippen LogP contribution in [0, 0.1) is 0 Å². The molecule has 0 radical (unpaired) electrons. The Balaban J connectivity index is 1.73. The van der Waals surface area contributed by atoms with Crippen LogP contribution in [0.2, 0.25) is 0 Å². The van der Waals surface area contributed by atoms with Gasteiger partial charge in [0.1, 0.15) is 0 Å². The Morgan fingerprint density at radius 2 is 0.714 bits per heavy atom. The van der Waals surface area contributed by atoms with Crippen LogP contribution in [-0.2, 0) is 0 Å². The van der Waals surface area contributed by atoms with Gasteiger partial charge in [-0.05, 0) is 16.7 Å². The van der Waals surface area contributed by atoms with Gasteiger partial charge in [-0.2, -0.15) is 0 Å². The Kier molecular flexibility index (Phi) is 7.34. The molecule has 0 aliphatic carbocycles. The van der Waals surface area contributed by atoms with Crippen molar-refractivity contribution in [1.29, 1.82) is 0 Å². The lowest BCUT2D eigenvalue weighted by Gasteiger charge is -2.29. The van der Waals surface area contributed by atoms with Gasteiger partial charge in [0.25, 0.3) is 0 Å². The van der Waals surface area contributed by atoms with E-state index in [1.807, 2.05) is 95.9 Å². The Hall–Kier alpha value is -2.50. The second kappa shape index (κ2) is 10.2. The van der Waals surface area contributed by atoms with E-state index in [9.17, 15) is 15.3 Å². The molecule has 0 saturated heterocycles. The van der Waals surface area contributed by atoms with E-state index >= 15 is 0 Å². The molecule has 0 saturated carbocycles. The van der Waals surface area contributed by atoms with Crippen LogP contribution in [0.3, 0.4) is 0 Å². The number of nitrogens with zero attached hydrogens (tertiary/aromatic N) is 1. The predicted octanol–water partition coefficient (Wildman–Crippen LogP) is 3.49. The lowest BCUT2D eigenvalue weighted by molar-refractivity contribution is 0.0370. The number of aliphatic hydroxyl groups is 3. The van der Waals surface area contributed by atoms with Crippen LogP contribution >= 0.6 is 0 Å². The van der Waals surface area contributed by atoms with E-state index in [1.165, 1.54) is 0 Å². The molecule has 0 aliphatic rings. The van der Waals surface area contributed by atoms with Crippen LogP contribution < -0.4 is 0 Å². The average Bonchev–Trinajstić information content (AvgIpc) is 2.75. The molecule has 3 N–H and O–H groups in total. The molecular weight excluding hydrogens is 350 g/mol. The van der Waals surface area contributed by atoms with Gasteiger partial charge in [-0.25, -0.2) is 0 Å². The summed E-state index contributed by atoms with van der Waals surface area (Å²) in [7, 11) is 0. The number of rotatable bonds is 9. The van der Waals surface area contributed by atoms with Crippen LogP contribution in [0.5, 0.6) is 0 Å². The Labute approximate surface area is 166 Å². The molecule has 3 aromatic carbocycles. The number of hydrogen-bond acceptors (Lipinski definition) is 4. The van der Waals surface area contributed by atoms with Crippen molar-refractivity contribution in [3.05, 3.63) is 108 Å². The Morgan fingerprint density at radius 1 is 0.464 bits per heavy atom. The van der Waals surface area contributed by atoms with Crippen molar-refractivity contribution in [2.24, 2.45) is 0 Å². The molecule has 0 bridgehead atoms. The van der Waals surface area contributed by atoms with Gasteiger partial charge in [0, 0.05) is 19.6 Å². The van der Waals surface area contributed by atoms with Gasteiger partial charge < -0.3 is 15.3 Å². The average molecular weight is 377 g/mol. The smallest absolute Gasteiger partial charge is 0.0916 e. The van der Waals surface area contributed by atoms with Gasteiger partial charge in [-0.15, -0.1) is 0 Å². The minimum atomic E-state index is -0.702. The lowest BCUT2D eigenvalue weighted by Crippen LogP contribution is -2.36. The first-order chi connectivity index (χ1) is 13.6. The molecule has 3 rings (SSSR count). The van der Waals surface area contributed by atoms with Crippen LogP contribution in [-0.4, -0.2) is 39.9 Å². The molecule has 0 aliphatic heterocycles. The minimum Gasteiger partial charge on any atom is -0.387 e. The summed E-state index contributed by atoms with van der Waals surface area (Å²) in [5.74, 6) is 0. The van der Waals surface area contributed by atoms with Crippen molar-refractivity contribution in [2.75, 3.05) is 19.6 Å². The molecular formula is C24H27NO3. The van der Waals surface area contributed by atoms with Crippen molar-refractivity contribution in [3.8, 4) is 0 Å². The maximum absolute atomic E-state index is 10.7. The second-order valence-electron chi connectivity index (χ2n) is 7.00. The fourth-order valence-corrected chi connectivity index (χ4v) is 3.30. The van der Waals surface area contributed by atoms with E-state index < -0.39 is 18.3 Å². The molecule has 0 heterocycles. The first kappa shape index (κ1) is 20.2. The third kappa shape index (κ3) is 5.75. The summed E-state index contributed by atoms with van der Waals surface area (Å²) in [6.07, 6.45) is -2.11. The summed E-state index contributed by atoms with van der Waals surface area (Å²) < 4.78 is 0. The maximum Gasteiger partial charge on any atom is 0.0916 e. The zero-order valence-electron chi connectivity index (χ0n) is 15.8. The Morgan fingerprint density at radius 3 is 0.964 bits per heavy atom. The molecule has 0 spiro atoms. The van der Waals surface area contributed by atoms with Crippen LogP contribution in [0.15, 0.2) is 91.0 Å². The highest BCUT2D eigenvalue weighted by atomic mass is 16.3. The maximum atomic E-state index is 10.7. The SMILES string of the molecule is OC(CN(CC(O)c1ccccc1)CC(O)c1ccccc1)c1ccccc1. The van der Waals surface area contributed by atoms with Gasteiger partial charge >= 0.3 is 0 Å². The van der Waals surface area contributed by atoms with E-state index in [0.717, 1.165) is 16.7 Å². The van der Waals surface area contributed by atoms with E-state index in [0.29, 0.717) is 19.6 Å². The molecule has 4 heteroatoms. The monoisotopic (exact) mass is 377 g/mol. The van der Waals surface area contributed by atoms with Gasteiger partial charge in [-0.3, -0.25) is 4.90 Å².